The molecule has 1 aliphatic heterocycles. The van der Waals surface area contributed by atoms with Gasteiger partial charge >= 0.3 is 0 Å². The number of hydrogen-bond donors (Lipinski definition) is 2. The molecule has 3 heteroatoms. The van der Waals surface area contributed by atoms with Gasteiger partial charge in [0.2, 0.25) is 0 Å². The fraction of sp³-hybridized carbons (Fsp3) is 1.00. The monoisotopic (exact) mass is 212 g/mol. The summed E-state index contributed by atoms with van der Waals surface area (Å²) in [7, 11) is 0. The van der Waals surface area contributed by atoms with Crippen molar-refractivity contribution in [3.05, 3.63) is 0 Å². The molecule has 15 heavy (non-hydrogen) atoms. The number of rotatable bonds is 4. The van der Waals surface area contributed by atoms with Gasteiger partial charge in [0.05, 0.1) is 5.60 Å². The van der Waals surface area contributed by atoms with Gasteiger partial charge in [-0.05, 0) is 44.4 Å². The van der Waals surface area contributed by atoms with E-state index in [1.807, 2.05) is 0 Å². The first-order valence-corrected chi connectivity index (χ1v) is 6.40. The van der Waals surface area contributed by atoms with E-state index in [-0.39, 0.29) is 5.60 Å². The van der Waals surface area contributed by atoms with Crippen LogP contribution in [0.1, 0.15) is 51.9 Å². The highest BCUT2D eigenvalue weighted by Crippen LogP contribution is 2.45. The SMILES string of the molecule is CCCC(NN)C1CCOC2(CCC2)C1. The van der Waals surface area contributed by atoms with Crippen LogP contribution >= 0.6 is 0 Å². The van der Waals surface area contributed by atoms with E-state index in [0.717, 1.165) is 12.5 Å². The van der Waals surface area contributed by atoms with Crippen LogP contribution < -0.4 is 11.3 Å². The van der Waals surface area contributed by atoms with Gasteiger partial charge in [0.1, 0.15) is 0 Å². The molecule has 0 radical (unpaired) electrons. The third kappa shape index (κ3) is 2.35. The van der Waals surface area contributed by atoms with E-state index in [0.29, 0.717) is 6.04 Å². The first kappa shape index (κ1) is 11.4. The molecule has 2 atom stereocenters. The Morgan fingerprint density at radius 3 is 2.87 bits per heavy atom. The summed E-state index contributed by atoms with van der Waals surface area (Å²) in [5.74, 6) is 6.37. The molecule has 0 amide bonds. The molecule has 0 aromatic heterocycles. The maximum atomic E-state index is 5.94. The predicted octanol–water partition coefficient (Wildman–Crippen LogP) is 1.97. The van der Waals surface area contributed by atoms with Crippen LogP contribution in [0.4, 0.5) is 0 Å². The molecular weight excluding hydrogens is 188 g/mol. The zero-order valence-corrected chi connectivity index (χ0v) is 9.80. The molecule has 0 aromatic carbocycles. The molecule has 2 unspecified atom stereocenters. The summed E-state index contributed by atoms with van der Waals surface area (Å²) in [5.41, 5.74) is 3.26. The highest BCUT2D eigenvalue weighted by Gasteiger charge is 2.43. The topological polar surface area (TPSA) is 47.3 Å². The Morgan fingerprint density at radius 2 is 2.33 bits per heavy atom. The van der Waals surface area contributed by atoms with Crippen molar-refractivity contribution in [1.29, 1.82) is 0 Å². The minimum atomic E-state index is 0.256. The van der Waals surface area contributed by atoms with E-state index < -0.39 is 0 Å². The van der Waals surface area contributed by atoms with Crippen molar-refractivity contribution in [3.63, 3.8) is 0 Å². The summed E-state index contributed by atoms with van der Waals surface area (Å²) in [5, 5.41) is 0. The lowest BCUT2D eigenvalue weighted by molar-refractivity contribution is -0.147. The van der Waals surface area contributed by atoms with Gasteiger partial charge in [-0.1, -0.05) is 13.3 Å². The molecule has 0 aromatic rings. The third-order valence-electron chi connectivity index (χ3n) is 4.18. The van der Waals surface area contributed by atoms with Crippen LogP contribution in [0.3, 0.4) is 0 Å². The lowest BCUT2D eigenvalue weighted by Crippen LogP contribution is -2.51. The minimum Gasteiger partial charge on any atom is -0.375 e. The molecule has 88 valence electrons. The smallest absolute Gasteiger partial charge is 0.0685 e. The number of nitrogens with one attached hydrogen (secondary N) is 1. The molecule has 2 aliphatic rings. The van der Waals surface area contributed by atoms with Crippen molar-refractivity contribution in [1.82, 2.24) is 5.43 Å². The summed E-state index contributed by atoms with van der Waals surface area (Å²) < 4.78 is 5.94. The predicted molar refractivity (Wildman–Crippen MR) is 61.3 cm³/mol. The summed E-state index contributed by atoms with van der Waals surface area (Å²) in [6, 6.07) is 0.497. The lowest BCUT2D eigenvalue weighted by atomic mass is 9.70. The van der Waals surface area contributed by atoms with Crippen LogP contribution in [-0.2, 0) is 4.74 Å². The van der Waals surface area contributed by atoms with Gasteiger partial charge in [-0.3, -0.25) is 11.3 Å². The Balaban J connectivity index is 1.90. The Labute approximate surface area is 92.7 Å². The van der Waals surface area contributed by atoms with Crippen LogP contribution in [0, 0.1) is 5.92 Å². The van der Waals surface area contributed by atoms with Crippen molar-refractivity contribution in [2.24, 2.45) is 11.8 Å². The quantitative estimate of drug-likeness (QED) is 0.553. The molecule has 1 saturated heterocycles. The molecular formula is C12H24N2O. The Morgan fingerprint density at radius 1 is 1.53 bits per heavy atom. The molecule has 1 heterocycles. The molecule has 2 rings (SSSR count). The highest BCUT2D eigenvalue weighted by atomic mass is 16.5. The van der Waals surface area contributed by atoms with Crippen molar-refractivity contribution >= 4 is 0 Å². The molecule has 0 bridgehead atoms. The fourth-order valence-electron chi connectivity index (χ4n) is 3.09. The van der Waals surface area contributed by atoms with Crippen LogP contribution in [-0.4, -0.2) is 18.2 Å². The molecule has 1 aliphatic carbocycles. The molecule has 1 saturated carbocycles. The van der Waals surface area contributed by atoms with Gasteiger partial charge in [-0.25, -0.2) is 0 Å². The van der Waals surface area contributed by atoms with E-state index in [4.69, 9.17) is 10.6 Å². The maximum Gasteiger partial charge on any atom is 0.0685 e. The Bertz CT molecular complexity index is 204. The maximum absolute atomic E-state index is 5.94. The molecule has 3 nitrogen and oxygen atoms in total. The summed E-state index contributed by atoms with van der Waals surface area (Å²) in [6.07, 6.45) is 8.69. The second kappa shape index (κ2) is 4.81. The largest absolute Gasteiger partial charge is 0.375 e. The van der Waals surface area contributed by atoms with Crippen LogP contribution in [0.5, 0.6) is 0 Å². The number of ether oxygens (including phenoxy) is 1. The van der Waals surface area contributed by atoms with E-state index in [1.54, 1.807) is 0 Å². The van der Waals surface area contributed by atoms with Crippen LogP contribution in [0.25, 0.3) is 0 Å². The Kier molecular flexibility index (Phi) is 3.65. The fourth-order valence-corrected chi connectivity index (χ4v) is 3.09. The third-order valence-corrected chi connectivity index (χ3v) is 4.18. The second-order valence-electron chi connectivity index (χ2n) is 5.20. The second-order valence-corrected chi connectivity index (χ2v) is 5.20. The first-order valence-electron chi connectivity index (χ1n) is 6.40. The van der Waals surface area contributed by atoms with E-state index in [2.05, 4.69) is 12.3 Å². The van der Waals surface area contributed by atoms with Crippen molar-refractivity contribution < 1.29 is 4.74 Å². The zero-order chi connectivity index (χ0) is 10.7. The van der Waals surface area contributed by atoms with Gasteiger partial charge in [0.25, 0.3) is 0 Å². The summed E-state index contributed by atoms with van der Waals surface area (Å²) in [6.45, 7) is 3.16. The normalized spacial score (nSPS) is 31.2. The number of hydrogen-bond acceptors (Lipinski definition) is 3. The van der Waals surface area contributed by atoms with Gasteiger partial charge in [-0.2, -0.15) is 0 Å². The molecule has 2 fully saturated rings. The minimum absolute atomic E-state index is 0.256. The molecule has 1 spiro atoms. The summed E-state index contributed by atoms with van der Waals surface area (Å²) >= 11 is 0. The number of nitrogens with two attached hydrogens (primary N) is 1. The summed E-state index contributed by atoms with van der Waals surface area (Å²) in [4.78, 5) is 0. The standard InChI is InChI=1S/C12H24N2O/c1-2-4-11(14-13)10-5-8-15-12(9-10)6-3-7-12/h10-11,14H,2-9,13H2,1H3. The van der Waals surface area contributed by atoms with E-state index >= 15 is 0 Å². The zero-order valence-electron chi connectivity index (χ0n) is 9.80. The highest BCUT2D eigenvalue weighted by molar-refractivity contribution is 4.96. The van der Waals surface area contributed by atoms with E-state index in [9.17, 15) is 0 Å². The van der Waals surface area contributed by atoms with Crippen molar-refractivity contribution in [3.8, 4) is 0 Å². The average Bonchev–Trinajstić information content (AvgIpc) is 2.24. The van der Waals surface area contributed by atoms with Crippen LogP contribution in [0.15, 0.2) is 0 Å². The van der Waals surface area contributed by atoms with Crippen molar-refractivity contribution in [2.75, 3.05) is 6.61 Å². The first-order chi connectivity index (χ1) is 7.29. The number of hydrazine groups is 1. The Hall–Kier alpha value is -0.120. The van der Waals surface area contributed by atoms with Gasteiger partial charge < -0.3 is 4.74 Å². The lowest BCUT2D eigenvalue weighted by Gasteiger charge is -2.48. The van der Waals surface area contributed by atoms with Crippen molar-refractivity contribution in [2.45, 2.75) is 63.5 Å². The van der Waals surface area contributed by atoms with Crippen LogP contribution in [0.2, 0.25) is 0 Å². The van der Waals surface area contributed by atoms with Gasteiger partial charge in [0, 0.05) is 12.6 Å². The van der Waals surface area contributed by atoms with Gasteiger partial charge in [-0.15, -0.1) is 0 Å². The molecule has 3 N–H and O–H groups in total. The van der Waals surface area contributed by atoms with E-state index in [1.165, 1.54) is 44.9 Å². The van der Waals surface area contributed by atoms with Gasteiger partial charge in [0.15, 0.2) is 0 Å². The average molecular weight is 212 g/mol.